The number of benzene rings is 1. The van der Waals surface area contributed by atoms with Crippen LogP contribution in [0.2, 0.25) is 0 Å². The molecule has 0 bridgehead atoms. The fourth-order valence-corrected chi connectivity index (χ4v) is 1.55. The van der Waals surface area contributed by atoms with Gasteiger partial charge in [-0.3, -0.25) is 0 Å². The largest absolute Gasteiger partial charge is 0.354 e. The lowest BCUT2D eigenvalue weighted by molar-refractivity contribution is 0.835. The number of rotatable bonds is 4. The summed E-state index contributed by atoms with van der Waals surface area (Å²) >= 11 is 5.86. The van der Waals surface area contributed by atoms with Gasteiger partial charge in [0.25, 0.3) is 0 Å². The summed E-state index contributed by atoms with van der Waals surface area (Å²) < 4.78 is 0. The standard InChI is InChI=1S/C12H14ClN3/c1-9(13)6-7-14-12-15-8-10-4-2-3-5-11(10)16-12/h2-5,8-9H,6-7H2,1H3,(H,14,15,16). The zero-order valence-corrected chi connectivity index (χ0v) is 9.91. The normalized spacial score (nSPS) is 12.6. The average Bonchev–Trinajstić information content (AvgIpc) is 2.28. The highest BCUT2D eigenvalue weighted by atomic mass is 35.5. The molecule has 0 saturated heterocycles. The molecule has 2 rings (SSSR count). The topological polar surface area (TPSA) is 37.8 Å². The maximum absolute atomic E-state index is 5.86. The summed E-state index contributed by atoms with van der Waals surface area (Å²) in [6.07, 6.45) is 2.73. The van der Waals surface area contributed by atoms with Gasteiger partial charge in [0.15, 0.2) is 0 Å². The molecule has 0 fully saturated rings. The Morgan fingerprint density at radius 3 is 3.00 bits per heavy atom. The first-order chi connectivity index (χ1) is 7.75. The predicted molar refractivity (Wildman–Crippen MR) is 68.0 cm³/mol. The van der Waals surface area contributed by atoms with Crippen molar-refractivity contribution in [3.63, 3.8) is 0 Å². The van der Waals surface area contributed by atoms with Gasteiger partial charge in [-0.1, -0.05) is 18.2 Å². The van der Waals surface area contributed by atoms with Gasteiger partial charge in [0.05, 0.1) is 5.52 Å². The molecule has 84 valence electrons. The third-order valence-electron chi connectivity index (χ3n) is 2.31. The number of halogens is 1. The molecule has 16 heavy (non-hydrogen) atoms. The molecule has 4 heteroatoms. The van der Waals surface area contributed by atoms with Crippen molar-refractivity contribution in [2.24, 2.45) is 0 Å². The van der Waals surface area contributed by atoms with Gasteiger partial charge < -0.3 is 5.32 Å². The molecule has 1 unspecified atom stereocenters. The van der Waals surface area contributed by atoms with E-state index in [0.717, 1.165) is 23.9 Å². The van der Waals surface area contributed by atoms with Crippen LogP contribution in [0.5, 0.6) is 0 Å². The van der Waals surface area contributed by atoms with Crippen molar-refractivity contribution in [2.75, 3.05) is 11.9 Å². The van der Waals surface area contributed by atoms with E-state index in [9.17, 15) is 0 Å². The van der Waals surface area contributed by atoms with Crippen LogP contribution in [0.1, 0.15) is 13.3 Å². The first-order valence-corrected chi connectivity index (χ1v) is 5.79. The molecule has 2 aromatic rings. The van der Waals surface area contributed by atoms with E-state index >= 15 is 0 Å². The van der Waals surface area contributed by atoms with Crippen LogP contribution in [0.4, 0.5) is 5.95 Å². The zero-order valence-electron chi connectivity index (χ0n) is 9.15. The number of fused-ring (bicyclic) bond motifs is 1. The van der Waals surface area contributed by atoms with Crippen molar-refractivity contribution < 1.29 is 0 Å². The third-order valence-corrected chi connectivity index (χ3v) is 2.53. The second-order valence-corrected chi connectivity index (χ2v) is 4.49. The fourth-order valence-electron chi connectivity index (χ4n) is 1.44. The van der Waals surface area contributed by atoms with Crippen molar-refractivity contribution in [1.82, 2.24) is 9.97 Å². The minimum Gasteiger partial charge on any atom is -0.354 e. The highest BCUT2D eigenvalue weighted by Gasteiger charge is 2.00. The lowest BCUT2D eigenvalue weighted by atomic mass is 10.2. The van der Waals surface area contributed by atoms with E-state index in [1.165, 1.54) is 0 Å². The maximum atomic E-state index is 5.86. The number of nitrogens with zero attached hydrogens (tertiary/aromatic N) is 2. The van der Waals surface area contributed by atoms with Crippen molar-refractivity contribution in [3.8, 4) is 0 Å². The highest BCUT2D eigenvalue weighted by Crippen LogP contribution is 2.11. The van der Waals surface area contributed by atoms with Crippen LogP contribution < -0.4 is 5.32 Å². The summed E-state index contributed by atoms with van der Waals surface area (Å²) in [7, 11) is 0. The first-order valence-electron chi connectivity index (χ1n) is 5.35. The van der Waals surface area contributed by atoms with Crippen LogP contribution in [0.25, 0.3) is 10.9 Å². The van der Waals surface area contributed by atoms with Crippen LogP contribution in [0, 0.1) is 0 Å². The summed E-state index contributed by atoms with van der Waals surface area (Å²) in [4.78, 5) is 8.65. The Labute approximate surface area is 99.9 Å². The van der Waals surface area contributed by atoms with Crippen LogP contribution in [0.15, 0.2) is 30.5 Å². The molecule has 0 aliphatic carbocycles. The Bertz CT molecular complexity index is 471. The number of nitrogens with one attached hydrogen (secondary N) is 1. The molecule has 0 aliphatic rings. The smallest absolute Gasteiger partial charge is 0.223 e. The Morgan fingerprint density at radius 1 is 1.38 bits per heavy atom. The molecule has 0 radical (unpaired) electrons. The lowest BCUT2D eigenvalue weighted by Crippen LogP contribution is -2.08. The molecular weight excluding hydrogens is 222 g/mol. The van der Waals surface area contributed by atoms with Crippen molar-refractivity contribution in [1.29, 1.82) is 0 Å². The maximum Gasteiger partial charge on any atom is 0.223 e. The predicted octanol–water partition coefficient (Wildman–Crippen LogP) is 3.06. The SMILES string of the molecule is CC(Cl)CCNc1ncc2ccccc2n1. The van der Waals surface area contributed by atoms with Crippen LogP contribution in [-0.2, 0) is 0 Å². The summed E-state index contributed by atoms with van der Waals surface area (Å²) in [6, 6.07) is 7.93. The van der Waals surface area contributed by atoms with E-state index in [1.807, 2.05) is 37.4 Å². The van der Waals surface area contributed by atoms with E-state index < -0.39 is 0 Å². The van der Waals surface area contributed by atoms with Gasteiger partial charge >= 0.3 is 0 Å². The van der Waals surface area contributed by atoms with Crippen LogP contribution in [0.3, 0.4) is 0 Å². The highest BCUT2D eigenvalue weighted by molar-refractivity contribution is 6.20. The fraction of sp³-hybridized carbons (Fsp3) is 0.333. The lowest BCUT2D eigenvalue weighted by Gasteiger charge is -2.06. The second-order valence-electron chi connectivity index (χ2n) is 3.75. The van der Waals surface area contributed by atoms with Gasteiger partial charge in [-0.2, -0.15) is 0 Å². The van der Waals surface area contributed by atoms with E-state index in [1.54, 1.807) is 0 Å². The van der Waals surface area contributed by atoms with E-state index in [-0.39, 0.29) is 5.38 Å². The Morgan fingerprint density at radius 2 is 2.19 bits per heavy atom. The molecule has 3 nitrogen and oxygen atoms in total. The molecule has 0 amide bonds. The van der Waals surface area contributed by atoms with Gasteiger partial charge in [-0.05, 0) is 19.4 Å². The molecule has 0 aliphatic heterocycles. The monoisotopic (exact) mass is 235 g/mol. The van der Waals surface area contributed by atoms with Crippen LogP contribution in [-0.4, -0.2) is 21.9 Å². The molecular formula is C12H14ClN3. The number of hydrogen-bond donors (Lipinski definition) is 1. The minimum atomic E-state index is 0.174. The summed E-state index contributed by atoms with van der Waals surface area (Å²) in [6.45, 7) is 2.77. The van der Waals surface area contributed by atoms with Gasteiger partial charge in [0.1, 0.15) is 0 Å². The molecule has 1 heterocycles. The number of alkyl halides is 1. The molecule has 0 spiro atoms. The minimum absolute atomic E-state index is 0.174. The molecule has 1 aromatic heterocycles. The summed E-state index contributed by atoms with van der Waals surface area (Å²) in [5.74, 6) is 0.663. The number of para-hydroxylation sites is 1. The van der Waals surface area contributed by atoms with Crippen LogP contribution >= 0.6 is 11.6 Å². The number of anilines is 1. The van der Waals surface area contributed by atoms with Crippen molar-refractivity contribution in [2.45, 2.75) is 18.7 Å². The van der Waals surface area contributed by atoms with Crippen molar-refractivity contribution in [3.05, 3.63) is 30.5 Å². The average molecular weight is 236 g/mol. The Hall–Kier alpha value is -1.35. The summed E-state index contributed by atoms with van der Waals surface area (Å²) in [5, 5.41) is 4.39. The van der Waals surface area contributed by atoms with E-state index in [2.05, 4.69) is 15.3 Å². The first kappa shape index (κ1) is 11.1. The summed E-state index contributed by atoms with van der Waals surface area (Å²) in [5.41, 5.74) is 0.957. The quantitative estimate of drug-likeness (QED) is 0.828. The second kappa shape index (κ2) is 5.12. The number of aromatic nitrogens is 2. The number of hydrogen-bond acceptors (Lipinski definition) is 3. The Kier molecular flexibility index (Phi) is 3.57. The molecule has 0 saturated carbocycles. The van der Waals surface area contributed by atoms with E-state index in [4.69, 9.17) is 11.6 Å². The molecule has 1 atom stereocenters. The zero-order chi connectivity index (χ0) is 11.4. The third kappa shape index (κ3) is 2.83. The Balaban J connectivity index is 2.08. The van der Waals surface area contributed by atoms with Gasteiger partial charge in [-0.15, -0.1) is 11.6 Å². The van der Waals surface area contributed by atoms with Crippen molar-refractivity contribution >= 4 is 28.5 Å². The van der Waals surface area contributed by atoms with Gasteiger partial charge in [-0.25, -0.2) is 9.97 Å². The molecule has 1 aromatic carbocycles. The van der Waals surface area contributed by atoms with E-state index in [0.29, 0.717) is 5.95 Å². The van der Waals surface area contributed by atoms with Gasteiger partial charge in [0, 0.05) is 23.5 Å². The molecule has 1 N–H and O–H groups in total. The van der Waals surface area contributed by atoms with Gasteiger partial charge in [0.2, 0.25) is 5.95 Å².